The summed E-state index contributed by atoms with van der Waals surface area (Å²) in [5.41, 5.74) is 0. The highest BCUT2D eigenvalue weighted by molar-refractivity contribution is 7.10. The van der Waals surface area contributed by atoms with E-state index >= 15 is 0 Å². The maximum absolute atomic E-state index is 2.69. The molecular formula is C14H24N2S. The maximum atomic E-state index is 2.69. The number of thiophene rings is 1. The molecule has 2 heterocycles. The summed E-state index contributed by atoms with van der Waals surface area (Å²) >= 11 is 1.88. The normalized spacial score (nSPS) is 25.4. The molecule has 1 aromatic rings. The van der Waals surface area contributed by atoms with Gasteiger partial charge in [0.25, 0.3) is 0 Å². The smallest absolute Gasteiger partial charge is 0.0417 e. The summed E-state index contributed by atoms with van der Waals surface area (Å²) in [6, 6.07) is 5.68. The van der Waals surface area contributed by atoms with E-state index in [1.165, 1.54) is 24.5 Å². The van der Waals surface area contributed by atoms with E-state index in [4.69, 9.17) is 0 Å². The summed E-state index contributed by atoms with van der Waals surface area (Å²) < 4.78 is 0. The molecule has 0 aliphatic carbocycles. The molecule has 0 aromatic carbocycles. The van der Waals surface area contributed by atoms with E-state index in [2.05, 4.69) is 55.1 Å². The predicted octanol–water partition coefficient (Wildman–Crippen LogP) is 3.08. The second-order valence-corrected chi connectivity index (χ2v) is 6.48. The van der Waals surface area contributed by atoms with E-state index in [-0.39, 0.29) is 0 Å². The fourth-order valence-electron chi connectivity index (χ4n) is 2.73. The van der Waals surface area contributed by atoms with E-state index in [0.29, 0.717) is 12.1 Å². The Hall–Kier alpha value is -0.380. The molecule has 1 fully saturated rings. The van der Waals surface area contributed by atoms with Crippen molar-refractivity contribution in [3.63, 3.8) is 0 Å². The molecule has 2 nitrogen and oxygen atoms in total. The molecule has 0 amide bonds. The van der Waals surface area contributed by atoms with Gasteiger partial charge in [0.2, 0.25) is 0 Å². The second-order valence-electron chi connectivity index (χ2n) is 5.50. The fourth-order valence-corrected chi connectivity index (χ4v) is 3.54. The van der Waals surface area contributed by atoms with Crippen LogP contribution in [0.4, 0.5) is 0 Å². The molecule has 1 aliphatic rings. The van der Waals surface area contributed by atoms with E-state index in [1.807, 2.05) is 11.3 Å². The predicted molar refractivity (Wildman–Crippen MR) is 75.6 cm³/mol. The Morgan fingerprint density at radius 3 is 2.65 bits per heavy atom. The zero-order valence-corrected chi connectivity index (χ0v) is 12.2. The van der Waals surface area contributed by atoms with E-state index in [1.54, 1.807) is 0 Å². The van der Waals surface area contributed by atoms with E-state index in [0.717, 1.165) is 5.92 Å². The summed E-state index contributed by atoms with van der Waals surface area (Å²) in [6.07, 6.45) is 0. The molecule has 96 valence electrons. The van der Waals surface area contributed by atoms with Crippen LogP contribution in [0, 0.1) is 5.92 Å². The van der Waals surface area contributed by atoms with Gasteiger partial charge in [-0.3, -0.25) is 4.90 Å². The number of hydrogen-bond acceptors (Lipinski definition) is 3. The third-order valence-corrected chi connectivity index (χ3v) is 4.93. The number of piperazine rings is 1. The van der Waals surface area contributed by atoms with Crippen LogP contribution in [0.5, 0.6) is 0 Å². The quantitative estimate of drug-likeness (QED) is 0.815. The zero-order chi connectivity index (χ0) is 12.4. The first-order valence-electron chi connectivity index (χ1n) is 6.57. The average molecular weight is 252 g/mol. The molecule has 3 heteroatoms. The second kappa shape index (κ2) is 5.51. The van der Waals surface area contributed by atoms with Gasteiger partial charge in [-0.25, -0.2) is 0 Å². The molecule has 1 aromatic heterocycles. The van der Waals surface area contributed by atoms with Crippen molar-refractivity contribution in [2.45, 2.75) is 32.9 Å². The first kappa shape index (κ1) is 13.1. The molecule has 0 saturated carbocycles. The van der Waals surface area contributed by atoms with Crippen LogP contribution in [0.25, 0.3) is 0 Å². The van der Waals surface area contributed by atoms with Gasteiger partial charge in [-0.1, -0.05) is 19.9 Å². The van der Waals surface area contributed by atoms with Crippen molar-refractivity contribution in [3.05, 3.63) is 22.4 Å². The molecule has 0 spiro atoms. The van der Waals surface area contributed by atoms with Crippen molar-refractivity contribution in [3.8, 4) is 0 Å². The third-order valence-electron chi connectivity index (χ3n) is 3.89. The summed E-state index contributed by atoms with van der Waals surface area (Å²) in [7, 11) is 2.24. The lowest BCUT2D eigenvalue weighted by Crippen LogP contribution is -2.54. The molecule has 17 heavy (non-hydrogen) atoms. The molecular weight excluding hydrogens is 228 g/mol. The summed E-state index contributed by atoms with van der Waals surface area (Å²) in [6.45, 7) is 10.6. The first-order chi connectivity index (χ1) is 8.09. The lowest BCUT2D eigenvalue weighted by Gasteiger charge is -2.45. The van der Waals surface area contributed by atoms with E-state index < -0.39 is 0 Å². The SMILES string of the molecule is CC(C)C1CN(C)CCN1C(C)c1cccs1. The van der Waals surface area contributed by atoms with Crippen LogP contribution in [0.1, 0.15) is 31.7 Å². The van der Waals surface area contributed by atoms with Crippen molar-refractivity contribution in [2.75, 3.05) is 26.7 Å². The standard InChI is InChI=1S/C14H24N2S/c1-11(2)13-10-15(4)7-8-16(13)12(3)14-6-5-9-17-14/h5-6,9,11-13H,7-8,10H2,1-4H3. The fraction of sp³-hybridized carbons (Fsp3) is 0.714. The van der Waals surface area contributed by atoms with Gasteiger partial charge >= 0.3 is 0 Å². The van der Waals surface area contributed by atoms with Crippen LogP contribution in [-0.2, 0) is 0 Å². The van der Waals surface area contributed by atoms with Crippen molar-refractivity contribution in [1.82, 2.24) is 9.80 Å². The lowest BCUT2D eigenvalue weighted by atomic mass is 9.97. The molecule has 0 N–H and O–H groups in total. The van der Waals surface area contributed by atoms with Crippen LogP contribution < -0.4 is 0 Å². The van der Waals surface area contributed by atoms with Crippen LogP contribution in [0.3, 0.4) is 0 Å². The van der Waals surface area contributed by atoms with Gasteiger partial charge in [0.1, 0.15) is 0 Å². The van der Waals surface area contributed by atoms with Gasteiger partial charge in [-0.2, -0.15) is 0 Å². The van der Waals surface area contributed by atoms with Gasteiger partial charge < -0.3 is 4.90 Å². The number of hydrogen-bond donors (Lipinski definition) is 0. The summed E-state index contributed by atoms with van der Waals surface area (Å²) in [5, 5.41) is 2.19. The van der Waals surface area contributed by atoms with Crippen molar-refractivity contribution in [1.29, 1.82) is 0 Å². The maximum Gasteiger partial charge on any atom is 0.0417 e. The molecule has 1 saturated heterocycles. The Morgan fingerprint density at radius 2 is 2.06 bits per heavy atom. The molecule has 2 unspecified atom stereocenters. The minimum atomic E-state index is 0.566. The van der Waals surface area contributed by atoms with Crippen LogP contribution in [-0.4, -0.2) is 42.5 Å². The van der Waals surface area contributed by atoms with Crippen LogP contribution >= 0.6 is 11.3 Å². The summed E-state index contributed by atoms with van der Waals surface area (Å²) in [5.74, 6) is 0.722. The molecule has 2 atom stereocenters. The lowest BCUT2D eigenvalue weighted by molar-refractivity contribution is 0.0347. The molecule has 2 rings (SSSR count). The highest BCUT2D eigenvalue weighted by atomic mass is 32.1. The number of likely N-dealkylation sites (N-methyl/N-ethyl adjacent to an activating group) is 1. The Kier molecular flexibility index (Phi) is 4.23. The zero-order valence-electron chi connectivity index (χ0n) is 11.4. The van der Waals surface area contributed by atoms with Gasteiger partial charge in [0.05, 0.1) is 0 Å². The van der Waals surface area contributed by atoms with Crippen molar-refractivity contribution >= 4 is 11.3 Å². The largest absolute Gasteiger partial charge is 0.304 e. The van der Waals surface area contributed by atoms with Crippen molar-refractivity contribution in [2.24, 2.45) is 5.92 Å². The van der Waals surface area contributed by atoms with Gasteiger partial charge in [0, 0.05) is 36.6 Å². The molecule has 0 radical (unpaired) electrons. The molecule has 0 bridgehead atoms. The Labute approximate surface area is 109 Å². The highest BCUT2D eigenvalue weighted by Crippen LogP contribution is 2.30. The Morgan fingerprint density at radius 1 is 1.29 bits per heavy atom. The molecule has 1 aliphatic heterocycles. The first-order valence-corrected chi connectivity index (χ1v) is 7.45. The van der Waals surface area contributed by atoms with Crippen molar-refractivity contribution < 1.29 is 0 Å². The van der Waals surface area contributed by atoms with Gasteiger partial charge in [-0.15, -0.1) is 11.3 Å². The van der Waals surface area contributed by atoms with Crippen LogP contribution in [0.15, 0.2) is 17.5 Å². The van der Waals surface area contributed by atoms with Gasteiger partial charge in [0.15, 0.2) is 0 Å². The monoisotopic (exact) mass is 252 g/mol. The van der Waals surface area contributed by atoms with E-state index in [9.17, 15) is 0 Å². The average Bonchev–Trinajstić information content (AvgIpc) is 2.81. The Bertz CT molecular complexity index is 334. The highest BCUT2D eigenvalue weighted by Gasteiger charge is 2.31. The summed E-state index contributed by atoms with van der Waals surface area (Å²) in [4.78, 5) is 6.65. The number of nitrogens with zero attached hydrogens (tertiary/aromatic N) is 2. The third kappa shape index (κ3) is 2.90. The van der Waals surface area contributed by atoms with Gasteiger partial charge in [-0.05, 0) is 31.3 Å². The topological polar surface area (TPSA) is 6.48 Å². The van der Waals surface area contributed by atoms with Crippen LogP contribution in [0.2, 0.25) is 0 Å². The Balaban J connectivity index is 2.12. The number of rotatable bonds is 3. The minimum absolute atomic E-state index is 0.566. The minimum Gasteiger partial charge on any atom is -0.304 e.